The van der Waals surface area contributed by atoms with Gasteiger partial charge in [0, 0.05) is 6.20 Å². The molecule has 0 radical (unpaired) electrons. The van der Waals surface area contributed by atoms with E-state index in [4.69, 9.17) is 9.47 Å². The standard InChI is InChI=1S/C20H18IN3O5/c1-3-28-16-10-12(9-15(21)17(16)29-4-2)8-14-18(25)23-20(27)24(19(14)26)13-6-5-7-22-11-13/h5-11H,3-4H2,1-2H3,(H,23,25,27)/b14-8+. The molecule has 1 N–H and O–H groups in total. The van der Waals surface area contributed by atoms with E-state index in [1.165, 1.54) is 18.5 Å². The Balaban J connectivity index is 2.03. The third-order valence-electron chi connectivity index (χ3n) is 3.94. The molecule has 3 rings (SSSR count). The fraction of sp³-hybridized carbons (Fsp3) is 0.200. The summed E-state index contributed by atoms with van der Waals surface area (Å²) in [5.74, 6) is -0.378. The van der Waals surface area contributed by atoms with Gasteiger partial charge in [0.15, 0.2) is 11.5 Å². The van der Waals surface area contributed by atoms with Crippen LogP contribution in [0.2, 0.25) is 0 Å². The number of pyridine rings is 1. The van der Waals surface area contributed by atoms with Gasteiger partial charge in [0.05, 0.1) is 28.7 Å². The van der Waals surface area contributed by atoms with Crippen molar-refractivity contribution in [2.45, 2.75) is 13.8 Å². The number of benzene rings is 1. The van der Waals surface area contributed by atoms with E-state index >= 15 is 0 Å². The molecule has 150 valence electrons. The molecule has 9 heteroatoms. The molecule has 8 nitrogen and oxygen atoms in total. The molecule has 1 aliphatic heterocycles. The number of nitrogens with one attached hydrogen (secondary N) is 1. The Morgan fingerprint density at radius 2 is 1.93 bits per heavy atom. The molecule has 1 fully saturated rings. The summed E-state index contributed by atoms with van der Waals surface area (Å²) in [6, 6.07) is 5.80. The molecular formula is C20H18IN3O5. The highest BCUT2D eigenvalue weighted by Gasteiger charge is 2.37. The van der Waals surface area contributed by atoms with Gasteiger partial charge in [-0.2, -0.15) is 0 Å². The fourth-order valence-electron chi connectivity index (χ4n) is 2.76. The highest BCUT2D eigenvalue weighted by Crippen LogP contribution is 2.35. The lowest BCUT2D eigenvalue weighted by molar-refractivity contribution is -0.122. The minimum absolute atomic E-state index is 0.170. The molecule has 29 heavy (non-hydrogen) atoms. The topological polar surface area (TPSA) is 97.8 Å². The zero-order valence-corrected chi connectivity index (χ0v) is 17.9. The van der Waals surface area contributed by atoms with Gasteiger partial charge in [0.25, 0.3) is 11.8 Å². The number of carbonyl (C=O) groups excluding carboxylic acids is 3. The Hall–Kier alpha value is -2.95. The summed E-state index contributed by atoms with van der Waals surface area (Å²) in [4.78, 5) is 42.2. The van der Waals surface area contributed by atoms with Crippen LogP contribution in [0.1, 0.15) is 19.4 Å². The quantitative estimate of drug-likeness (QED) is 0.367. The van der Waals surface area contributed by atoms with Crippen molar-refractivity contribution >= 4 is 52.2 Å². The van der Waals surface area contributed by atoms with E-state index in [2.05, 4.69) is 32.9 Å². The van der Waals surface area contributed by atoms with Crippen LogP contribution in [0.3, 0.4) is 0 Å². The molecule has 0 spiro atoms. The van der Waals surface area contributed by atoms with Crippen LogP contribution in [-0.4, -0.2) is 36.0 Å². The fourth-order valence-corrected chi connectivity index (χ4v) is 3.54. The van der Waals surface area contributed by atoms with Crippen LogP contribution in [0, 0.1) is 3.57 Å². The van der Waals surface area contributed by atoms with Gasteiger partial charge in [0.2, 0.25) is 0 Å². The number of aromatic nitrogens is 1. The van der Waals surface area contributed by atoms with Crippen LogP contribution < -0.4 is 19.7 Å². The number of rotatable bonds is 6. The molecule has 2 heterocycles. The lowest BCUT2D eigenvalue weighted by atomic mass is 10.1. The number of imide groups is 2. The predicted octanol–water partition coefficient (Wildman–Crippen LogP) is 3.15. The third-order valence-corrected chi connectivity index (χ3v) is 4.74. The Bertz CT molecular complexity index is 991. The first-order valence-corrected chi connectivity index (χ1v) is 9.94. The van der Waals surface area contributed by atoms with Gasteiger partial charge >= 0.3 is 6.03 Å². The van der Waals surface area contributed by atoms with Gasteiger partial charge < -0.3 is 9.47 Å². The first kappa shape index (κ1) is 20.8. The van der Waals surface area contributed by atoms with Crippen LogP contribution in [0.15, 0.2) is 42.2 Å². The molecule has 0 atom stereocenters. The number of carbonyl (C=O) groups is 3. The smallest absolute Gasteiger partial charge is 0.336 e. The normalized spacial score (nSPS) is 15.5. The van der Waals surface area contributed by atoms with Crippen molar-refractivity contribution in [1.82, 2.24) is 10.3 Å². The second-order valence-corrected chi connectivity index (χ2v) is 7.03. The summed E-state index contributed by atoms with van der Waals surface area (Å²) in [6.45, 7) is 4.62. The maximum absolute atomic E-state index is 12.9. The van der Waals surface area contributed by atoms with E-state index in [9.17, 15) is 14.4 Å². The van der Waals surface area contributed by atoms with Crippen LogP contribution >= 0.6 is 22.6 Å². The van der Waals surface area contributed by atoms with Gasteiger partial charge in [-0.05, 0) is 72.3 Å². The van der Waals surface area contributed by atoms with Crippen molar-refractivity contribution in [3.63, 3.8) is 0 Å². The number of halogens is 1. The monoisotopic (exact) mass is 507 g/mol. The molecule has 1 saturated heterocycles. The predicted molar refractivity (Wildman–Crippen MR) is 115 cm³/mol. The average Bonchev–Trinajstić information content (AvgIpc) is 2.69. The number of hydrogen-bond acceptors (Lipinski definition) is 6. The number of nitrogens with zero attached hydrogens (tertiary/aromatic N) is 2. The number of ether oxygens (including phenoxy) is 2. The largest absolute Gasteiger partial charge is 0.490 e. The Kier molecular flexibility index (Phi) is 6.47. The molecule has 0 saturated carbocycles. The Morgan fingerprint density at radius 3 is 2.59 bits per heavy atom. The van der Waals surface area contributed by atoms with Crippen molar-refractivity contribution < 1.29 is 23.9 Å². The SMILES string of the molecule is CCOc1cc(/C=C2\C(=O)NC(=O)N(c3cccnc3)C2=O)cc(I)c1OCC. The lowest BCUT2D eigenvalue weighted by Crippen LogP contribution is -2.54. The first-order chi connectivity index (χ1) is 14.0. The highest BCUT2D eigenvalue weighted by atomic mass is 127. The molecule has 1 aromatic heterocycles. The highest BCUT2D eigenvalue weighted by molar-refractivity contribution is 14.1. The molecule has 0 aliphatic carbocycles. The van der Waals surface area contributed by atoms with Crippen molar-refractivity contribution in [2.75, 3.05) is 18.1 Å². The molecule has 1 aliphatic rings. The van der Waals surface area contributed by atoms with Gasteiger partial charge in [-0.25, -0.2) is 9.69 Å². The van der Waals surface area contributed by atoms with Crippen molar-refractivity contribution in [3.8, 4) is 11.5 Å². The summed E-state index contributed by atoms with van der Waals surface area (Å²) in [5.41, 5.74) is 0.667. The number of amides is 4. The van der Waals surface area contributed by atoms with Crippen molar-refractivity contribution in [2.24, 2.45) is 0 Å². The number of barbiturate groups is 1. The Labute approximate surface area is 181 Å². The zero-order chi connectivity index (χ0) is 21.0. The summed E-state index contributed by atoms with van der Waals surface area (Å²) in [6.07, 6.45) is 4.32. The molecule has 0 unspecified atom stereocenters. The molecule has 2 aromatic rings. The molecule has 0 bridgehead atoms. The van der Waals surface area contributed by atoms with Crippen LogP contribution in [0.25, 0.3) is 6.08 Å². The lowest BCUT2D eigenvalue weighted by Gasteiger charge is -2.26. The number of anilines is 1. The van der Waals surface area contributed by atoms with Crippen LogP contribution in [0.4, 0.5) is 10.5 Å². The minimum atomic E-state index is -0.818. The van der Waals surface area contributed by atoms with E-state index in [0.29, 0.717) is 30.3 Å². The molecule has 4 amide bonds. The summed E-state index contributed by atoms with van der Waals surface area (Å²) < 4.78 is 12.1. The second kappa shape index (κ2) is 9.03. The van der Waals surface area contributed by atoms with E-state index in [-0.39, 0.29) is 11.3 Å². The van der Waals surface area contributed by atoms with Crippen molar-refractivity contribution in [3.05, 3.63) is 51.4 Å². The second-order valence-electron chi connectivity index (χ2n) is 5.87. The minimum Gasteiger partial charge on any atom is -0.490 e. The molecule has 1 aromatic carbocycles. The summed E-state index contributed by atoms with van der Waals surface area (Å²) >= 11 is 2.10. The number of urea groups is 1. The molecular weight excluding hydrogens is 489 g/mol. The van der Waals surface area contributed by atoms with Crippen molar-refractivity contribution in [1.29, 1.82) is 0 Å². The maximum Gasteiger partial charge on any atom is 0.336 e. The summed E-state index contributed by atoms with van der Waals surface area (Å²) in [5, 5.41) is 2.19. The number of hydrogen-bond donors (Lipinski definition) is 1. The van der Waals surface area contributed by atoms with Crippen LogP contribution in [0.5, 0.6) is 11.5 Å². The van der Waals surface area contributed by atoms with E-state index in [1.807, 2.05) is 13.8 Å². The van der Waals surface area contributed by atoms with E-state index in [1.54, 1.807) is 24.3 Å². The van der Waals surface area contributed by atoms with E-state index in [0.717, 1.165) is 8.47 Å². The third kappa shape index (κ3) is 4.39. The van der Waals surface area contributed by atoms with Crippen LogP contribution in [-0.2, 0) is 9.59 Å². The van der Waals surface area contributed by atoms with Gasteiger partial charge in [-0.15, -0.1) is 0 Å². The van der Waals surface area contributed by atoms with E-state index < -0.39 is 17.8 Å². The summed E-state index contributed by atoms with van der Waals surface area (Å²) in [7, 11) is 0. The van der Waals surface area contributed by atoms with Gasteiger partial charge in [-0.1, -0.05) is 0 Å². The maximum atomic E-state index is 12.9. The zero-order valence-electron chi connectivity index (χ0n) is 15.8. The van der Waals surface area contributed by atoms with Gasteiger partial charge in [-0.3, -0.25) is 19.9 Å². The van der Waals surface area contributed by atoms with Gasteiger partial charge in [0.1, 0.15) is 5.57 Å². The average molecular weight is 507 g/mol. The first-order valence-electron chi connectivity index (χ1n) is 8.86. The Morgan fingerprint density at radius 1 is 1.17 bits per heavy atom.